The van der Waals surface area contributed by atoms with Gasteiger partial charge in [0.05, 0.1) is 12.6 Å². The number of H-pyrrole nitrogens is 1. The number of nitrogens with two attached hydrogens (primary N) is 1. The topological polar surface area (TPSA) is 109 Å². The van der Waals surface area contributed by atoms with Crippen LogP contribution in [0.15, 0.2) is 24.3 Å². The molecule has 2 fully saturated rings. The number of hydrogen-bond donors (Lipinski definition) is 4. The molecule has 3 atom stereocenters. The number of benzene rings is 1. The van der Waals surface area contributed by atoms with Crippen LogP contribution in [0, 0.1) is 5.92 Å². The maximum Gasteiger partial charge on any atom is 0.241 e. The molecule has 1 saturated carbocycles. The molecule has 3 unspecified atom stereocenters. The fourth-order valence-corrected chi connectivity index (χ4v) is 3.97. The number of amides is 1. The van der Waals surface area contributed by atoms with E-state index in [1.54, 1.807) is 0 Å². The molecule has 5 N–H and O–H groups in total. The molecule has 1 aromatic carbocycles. The van der Waals surface area contributed by atoms with Crippen molar-refractivity contribution in [3.05, 3.63) is 30.1 Å². The van der Waals surface area contributed by atoms with Gasteiger partial charge in [-0.15, -0.1) is 0 Å². The summed E-state index contributed by atoms with van der Waals surface area (Å²) < 4.78 is 0. The molecule has 2 aliphatic rings. The third-order valence-electron chi connectivity index (χ3n) is 5.31. The molecule has 1 amide bonds. The second-order valence-corrected chi connectivity index (χ2v) is 6.98. The van der Waals surface area contributed by atoms with Crippen molar-refractivity contribution in [1.82, 2.24) is 20.5 Å². The zero-order valence-corrected chi connectivity index (χ0v) is 14.2. The lowest BCUT2D eigenvalue weighted by Crippen LogP contribution is -2.39. The maximum absolute atomic E-state index is 12.5. The zero-order valence-electron chi connectivity index (χ0n) is 14.2. The van der Waals surface area contributed by atoms with Crippen LogP contribution in [0.2, 0.25) is 0 Å². The Hall–Kier alpha value is -2.25. The first kappa shape index (κ1) is 16.2. The predicted octanol–water partition coefficient (Wildman–Crippen LogP) is 1.79. The van der Waals surface area contributed by atoms with Gasteiger partial charge in [0.15, 0.2) is 5.82 Å². The Morgan fingerprint density at radius 1 is 1.24 bits per heavy atom. The number of rotatable bonds is 4. The molecule has 7 heteroatoms. The smallest absolute Gasteiger partial charge is 0.241 e. The number of nitrogens with zero attached hydrogens (tertiary/aromatic N) is 2. The minimum Gasteiger partial charge on any atom is -0.325 e. The van der Waals surface area contributed by atoms with Crippen LogP contribution in [0.25, 0.3) is 11.4 Å². The Morgan fingerprint density at radius 3 is 2.76 bits per heavy atom. The van der Waals surface area contributed by atoms with Gasteiger partial charge in [-0.3, -0.25) is 9.89 Å². The Labute approximate surface area is 146 Å². The first-order chi connectivity index (χ1) is 12.2. The largest absolute Gasteiger partial charge is 0.325 e. The summed E-state index contributed by atoms with van der Waals surface area (Å²) >= 11 is 0. The van der Waals surface area contributed by atoms with E-state index in [0.29, 0.717) is 30.2 Å². The maximum atomic E-state index is 12.5. The quantitative estimate of drug-likeness (QED) is 0.678. The fourth-order valence-electron chi connectivity index (χ4n) is 3.97. The highest BCUT2D eigenvalue weighted by Crippen LogP contribution is 2.33. The Balaban J connectivity index is 1.38. The number of nitrogens with one attached hydrogen (secondary N) is 3. The van der Waals surface area contributed by atoms with Crippen molar-refractivity contribution in [1.29, 1.82) is 0 Å². The van der Waals surface area contributed by atoms with Gasteiger partial charge in [0.25, 0.3) is 0 Å². The average Bonchev–Trinajstić information content (AvgIpc) is 3.29. The normalized spacial score (nSPS) is 25.6. The molecule has 25 heavy (non-hydrogen) atoms. The van der Waals surface area contributed by atoms with E-state index in [0.717, 1.165) is 17.7 Å². The van der Waals surface area contributed by atoms with Crippen LogP contribution < -0.4 is 16.4 Å². The molecule has 0 bridgehead atoms. The predicted molar refractivity (Wildman–Crippen MR) is 95.6 cm³/mol. The Kier molecular flexibility index (Phi) is 4.50. The molecule has 1 aliphatic carbocycles. The van der Waals surface area contributed by atoms with E-state index in [1.165, 1.54) is 25.7 Å². The molecular weight excluding hydrogens is 316 g/mol. The van der Waals surface area contributed by atoms with Crippen molar-refractivity contribution in [2.75, 3.05) is 5.32 Å². The second kappa shape index (κ2) is 6.93. The van der Waals surface area contributed by atoms with Crippen LogP contribution >= 0.6 is 0 Å². The van der Waals surface area contributed by atoms with Gasteiger partial charge < -0.3 is 16.4 Å². The number of aromatic amines is 1. The van der Waals surface area contributed by atoms with Gasteiger partial charge in [-0.05, 0) is 49.4 Å². The molecule has 2 aromatic rings. The summed E-state index contributed by atoms with van der Waals surface area (Å²) in [5.41, 5.74) is 7.22. The third kappa shape index (κ3) is 3.43. The number of fused-ring (bicyclic) bond motifs is 1. The minimum absolute atomic E-state index is 0.0606. The van der Waals surface area contributed by atoms with Crippen LogP contribution in [0.3, 0.4) is 0 Å². The minimum atomic E-state index is -0.0760. The average molecular weight is 340 g/mol. The van der Waals surface area contributed by atoms with Crippen molar-refractivity contribution < 1.29 is 4.79 Å². The van der Waals surface area contributed by atoms with Gasteiger partial charge in [-0.1, -0.05) is 12.8 Å². The van der Waals surface area contributed by atoms with E-state index in [-0.39, 0.29) is 11.9 Å². The number of hydrogen-bond acceptors (Lipinski definition) is 5. The van der Waals surface area contributed by atoms with Crippen molar-refractivity contribution in [3.63, 3.8) is 0 Å². The van der Waals surface area contributed by atoms with Crippen LogP contribution in [0.4, 0.5) is 5.69 Å². The number of carbonyl (C=O) groups excluding carboxylic acids is 1. The molecule has 1 saturated heterocycles. The van der Waals surface area contributed by atoms with Gasteiger partial charge >= 0.3 is 0 Å². The fraction of sp³-hybridized carbons (Fsp3) is 0.500. The van der Waals surface area contributed by atoms with Crippen molar-refractivity contribution in [2.24, 2.45) is 11.7 Å². The van der Waals surface area contributed by atoms with E-state index >= 15 is 0 Å². The molecule has 1 aliphatic heterocycles. The number of carbonyl (C=O) groups is 1. The highest BCUT2D eigenvalue weighted by atomic mass is 16.2. The lowest BCUT2D eigenvalue weighted by atomic mass is 9.85. The molecule has 2 heterocycles. The molecule has 1 aromatic heterocycles. The highest BCUT2D eigenvalue weighted by Gasteiger charge is 2.38. The molecular formula is C18H24N6O. The van der Waals surface area contributed by atoms with Gasteiger partial charge in [0, 0.05) is 17.3 Å². The second-order valence-electron chi connectivity index (χ2n) is 6.98. The molecule has 132 valence electrons. The van der Waals surface area contributed by atoms with Gasteiger partial charge in [-0.25, -0.2) is 4.98 Å². The van der Waals surface area contributed by atoms with E-state index in [4.69, 9.17) is 5.73 Å². The van der Waals surface area contributed by atoms with E-state index in [9.17, 15) is 4.79 Å². The summed E-state index contributed by atoms with van der Waals surface area (Å²) in [5.74, 6) is 1.99. The van der Waals surface area contributed by atoms with E-state index < -0.39 is 0 Å². The summed E-state index contributed by atoms with van der Waals surface area (Å²) in [6.45, 7) is 0.331. The first-order valence-electron chi connectivity index (χ1n) is 9.01. The first-order valence-corrected chi connectivity index (χ1v) is 9.01. The molecule has 7 nitrogen and oxygen atoms in total. The van der Waals surface area contributed by atoms with E-state index in [1.807, 2.05) is 24.3 Å². The lowest BCUT2D eigenvalue weighted by Gasteiger charge is -2.24. The van der Waals surface area contributed by atoms with Crippen LogP contribution in [0.1, 0.15) is 37.9 Å². The summed E-state index contributed by atoms with van der Waals surface area (Å²) in [6.07, 6.45) is 5.97. The third-order valence-corrected chi connectivity index (χ3v) is 5.31. The van der Waals surface area contributed by atoms with Crippen molar-refractivity contribution in [2.45, 2.75) is 50.7 Å². The van der Waals surface area contributed by atoms with Crippen molar-refractivity contribution in [3.8, 4) is 11.4 Å². The van der Waals surface area contributed by atoms with Gasteiger partial charge in [-0.2, -0.15) is 5.10 Å². The summed E-state index contributed by atoms with van der Waals surface area (Å²) in [7, 11) is 0. The van der Waals surface area contributed by atoms with Crippen LogP contribution in [-0.4, -0.2) is 33.2 Å². The number of anilines is 1. The standard InChI is InChI=1S/C18H24N6O/c19-10-16-22-17(24-23-16)11-5-7-13(8-6-11)20-18(25)15-9-12-3-1-2-4-14(12)21-15/h5-8,12,14-15,21H,1-4,9-10,19H2,(H,20,25)(H,22,23,24). The summed E-state index contributed by atoms with van der Waals surface area (Å²) in [5, 5.41) is 13.5. The van der Waals surface area contributed by atoms with E-state index in [2.05, 4.69) is 25.8 Å². The van der Waals surface area contributed by atoms with Gasteiger partial charge in [0.2, 0.25) is 5.91 Å². The molecule has 4 rings (SSSR count). The van der Waals surface area contributed by atoms with Crippen molar-refractivity contribution >= 4 is 11.6 Å². The SMILES string of the molecule is NCc1nc(-c2ccc(NC(=O)C3CC4CCCCC4N3)cc2)n[nH]1. The summed E-state index contributed by atoms with van der Waals surface area (Å²) in [4.78, 5) is 16.8. The molecule has 0 spiro atoms. The Morgan fingerprint density at radius 2 is 2.04 bits per heavy atom. The molecule has 0 radical (unpaired) electrons. The van der Waals surface area contributed by atoms with Crippen LogP contribution in [0.5, 0.6) is 0 Å². The Bertz CT molecular complexity index is 726. The van der Waals surface area contributed by atoms with Gasteiger partial charge in [0.1, 0.15) is 5.82 Å². The number of aromatic nitrogens is 3. The highest BCUT2D eigenvalue weighted by molar-refractivity contribution is 5.95. The zero-order chi connectivity index (χ0) is 17.2. The summed E-state index contributed by atoms with van der Waals surface area (Å²) in [6, 6.07) is 8.02. The lowest BCUT2D eigenvalue weighted by molar-refractivity contribution is -0.117. The van der Waals surface area contributed by atoms with Crippen LogP contribution in [-0.2, 0) is 11.3 Å². The monoisotopic (exact) mass is 340 g/mol.